The molecular weight excluding hydrogens is 369 g/mol. The van der Waals surface area contributed by atoms with Crippen LogP contribution < -0.4 is 5.32 Å². The maximum Gasteiger partial charge on any atom is 0.224 e. The maximum atomic E-state index is 13.6. The first kappa shape index (κ1) is 19.1. The number of aromatic nitrogens is 1. The minimum Gasteiger partial charge on any atom is -0.394 e. The van der Waals surface area contributed by atoms with Crippen molar-refractivity contribution < 1.29 is 14.3 Å². The van der Waals surface area contributed by atoms with E-state index in [0.29, 0.717) is 24.4 Å². The summed E-state index contributed by atoms with van der Waals surface area (Å²) in [6, 6.07) is 6.06. The summed E-state index contributed by atoms with van der Waals surface area (Å²) in [5.41, 5.74) is 5.49. The Morgan fingerprint density at radius 2 is 2.21 bits per heavy atom. The molecule has 2 aromatic rings. The first-order chi connectivity index (χ1) is 14.0. The second-order valence-corrected chi connectivity index (χ2v) is 9.29. The summed E-state index contributed by atoms with van der Waals surface area (Å²) in [5, 5.41) is 13.5. The monoisotopic (exact) mass is 399 g/mol. The van der Waals surface area contributed by atoms with E-state index >= 15 is 0 Å². The largest absolute Gasteiger partial charge is 0.394 e. The number of fused-ring (bicyclic) bond motifs is 2. The summed E-state index contributed by atoms with van der Waals surface area (Å²) in [5.74, 6) is 0.628. The lowest BCUT2D eigenvalue weighted by atomic mass is 9.71. The zero-order valence-corrected chi connectivity index (χ0v) is 17.1. The molecule has 1 saturated heterocycles. The molecule has 1 saturated carbocycles. The standard InChI is InChI=1S/C23H30FN3O2/c1-12(24)19(11-28)26-23(29)14-8-16-15-4-3-5-18-21(15)17(9-20(16)27(2)10-14)22(25-18)13-6-7-13/h3-5,12-14,16,19-20,25,28H,6-11H2,1-2H3,(H,26,29). The molecule has 1 amide bonds. The summed E-state index contributed by atoms with van der Waals surface area (Å²) in [6.45, 7) is 1.66. The second-order valence-electron chi connectivity index (χ2n) is 9.29. The number of aliphatic hydroxyl groups is 1. The van der Waals surface area contributed by atoms with Crippen LogP contribution in [0, 0.1) is 5.92 Å². The highest BCUT2D eigenvalue weighted by atomic mass is 19.1. The number of amides is 1. The smallest absolute Gasteiger partial charge is 0.224 e. The third-order valence-corrected chi connectivity index (χ3v) is 7.32. The quantitative estimate of drug-likeness (QED) is 0.724. The fraction of sp³-hybridized carbons (Fsp3) is 0.609. The molecule has 0 bridgehead atoms. The van der Waals surface area contributed by atoms with Crippen molar-refractivity contribution in [3.8, 4) is 0 Å². The summed E-state index contributed by atoms with van der Waals surface area (Å²) in [7, 11) is 2.10. The van der Waals surface area contributed by atoms with Gasteiger partial charge in [0.05, 0.1) is 18.6 Å². The molecule has 6 heteroatoms. The Morgan fingerprint density at radius 1 is 1.41 bits per heavy atom. The van der Waals surface area contributed by atoms with Gasteiger partial charge in [-0.3, -0.25) is 4.79 Å². The number of nitrogens with one attached hydrogen (secondary N) is 2. The summed E-state index contributed by atoms with van der Waals surface area (Å²) < 4.78 is 13.6. The molecule has 5 unspecified atom stereocenters. The molecule has 2 heterocycles. The van der Waals surface area contributed by atoms with E-state index in [-0.39, 0.29) is 18.4 Å². The van der Waals surface area contributed by atoms with Crippen LogP contribution in [0.3, 0.4) is 0 Å². The van der Waals surface area contributed by atoms with Gasteiger partial charge in [-0.2, -0.15) is 0 Å². The van der Waals surface area contributed by atoms with Crippen LogP contribution >= 0.6 is 0 Å². The minimum absolute atomic E-state index is 0.149. The second kappa shape index (κ2) is 7.10. The average molecular weight is 400 g/mol. The van der Waals surface area contributed by atoms with Gasteiger partial charge in [0.1, 0.15) is 6.17 Å². The van der Waals surface area contributed by atoms with E-state index in [1.54, 1.807) is 0 Å². The van der Waals surface area contributed by atoms with Gasteiger partial charge < -0.3 is 20.3 Å². The van der Waals surface area contributed by atoms with Crippen LogP contribution in [0.5, 0.6) is 0 Å². The number of piperidine rings is 1. The van der Waals surface area contributed by atoms with Crippen LogP contribution in [0.15, 0.2) is 18.2 Å². The zero-order chi connectivity index (χ0) is 20.3. The number of carbonyl (C=O) groups is 1. The van der Waals surface area contributed by atoms with Crippen molar-refractivity contribution in [3.63, 3.8) is 0 Å². The van der Waals surface area contributed by atoms with Crippen molar-refractivity contribution in [1.82, 2.24) is 15.2 Å². The normalized spacial score (nSPS) is 28.8. The van der Waals surface area contributed by atoms with Gasteiger partial charge in [0.15, 0.2) is 0 Å². The average Bonchev–Trinajstić information content (AvgIpc) is 3.48. The molecule has 1 aromatic carbocycles. The van der Waals surface area contributed by atoms with Crippen LogP contribution in [0.1, 0.15) is 54.8 Å². The number of nitrogens with zero attached hydrogens (tertiary/aromatic N) is 1. The van der Waals surface area contributed by atoms with Gasteiger partial charge >= 0.3 is 0 Å². The van der Waals surface area contributed by atoms with Crippen molar-refractivity contribution in [2.45, 2.75) is 62.7 Å². The number of aromatic amines is 1. The van der Waals surface area contributed by atoms with Crippen molar-refractivity contribution >= 4 is 16.8 Å². The molecule has 5 nitrogen and oxygen atoms in total. The van der Waals surface area contributed by atoms with E-state index in [2.05, 4.69) is 40.4 Å². The van der Waals surface area contributed by atoms with E-state index in [4.69, 9.17) is 0 Å². The van der Waals surface area contributed by atoms with E-state index < -0.39 is 12.2 Å². The highest BCUT2D eigenvalue weighted by Gasteiger charge is 2.43. The summed E-state index contributed by atoms with van der Waals surface area (Å²) >= 11 is 0. The number of hydrogen-bond acceptors (Lipinski definition) is 3. The lowest BCUT2D eigenvalue weighted by Gasteiger charge is -2.45. The lowest BCUT2D eigenvalue weighted by molar-refractivity contribution is -0.129. The molecule has 5 atom stereocenters. The third-order valence-electron chi connectivity index (χ3n) is 7.32. The molecule has 1 aromatic heterocycles. The molecule has 3 aliphatic rings. The van der Waals surface area contributed by atoms with Gasteiger partial charge in [0.2, 0.25) is 5.91 Å². The molecule has 156 valence electrons. The molecular formula is C23H30FN3O2. The number of likely N-dealkylation sites (tertiary alicyclic amines) is 1. The molecule has 0 radical (unpaired) electrons. The molecule has 5 rings (SSSR count). The van der Waals surface area contributed by atoms with E-state index in [1.807, 2.05) is 0 Å². The molecule has 1 aliphatic heterocycles. The molecule has 29 heavy (non-hydrogen) atoms. The van der Waals surface area contributed by atoms with E-state index in [0.717, 1.165) is 12.8 Å². The van der Waals surface area contributed by atoms with Crippen LogP contribution in [0.2, 0.25) is 0 Å². The van der Waals surface area contributed by atoms with Gasteiger partial charge in [0.25, 0.3) is 0 Å². The van der Waals surface area contributed by atoms with Gasteiger partial charge in [0, 0.05) is 35.1 Å². The Kier molecular flexibility index (Phi) is 4.67. The number of alkyl halides is 1. The first-order valence-electron chi connectivity index (χ1n) is 10.9. The van der Waals surface area contributed by atoms with Gasteiger partial charge in [-0.25, -0.2) is 4.39 Å². The fourth-order valence-electron chi connectivity index (χ4n) is 5.57. The van der Waals surface area contributed by atoms with Crippen molar-refractivity contribution in [2.75, 3.05) is 20.2 Å². The number of likely N-dealkylation sites (N-methyl/N-ethyl adjacent to an activating group) is 1. The van der Waals surface area contributed by atoms with E-state index in [9.17, 15) is 14.3 Å². The van der Waals surface area contributed by atoms with Crippen LogP contribution in [0.4, 0.5) is 4.39 Å². The highest BCUT2D eigenvalue weighted by molar-refractivity contribution is 5.90. The van der Waals surface area contributed by atoms with Crippen molar-refractivity contribution in [2.24, 2.45) is 5.92 Å². The first-order valence-corrected chi connectivity index (χ1v) is 10.9. The number of H-pyrrole nitrogens is 1. The Balaban J connectivity index is 1.46. The Bertz CT molecular complexity index is 936. The predicted molar refractivity (Wildman–Crippen MR) is 111 cm³/mol. The van der Waals surface area contributed by atoms with Crippen LogP contribution in [-0.4, -0.2) is 59.4 Å². The molecule has 2 fully saturated rings. The topological polar surface area (TPSA) is 68.4 Å². The number of benzene rings is 1. The van der Waals surface area contributed by atoms with Gasteiger partial charge in [-0.05, 0) is 62.8 Å². The highest BCUT2D eigenvalue weighted by Crippen LogP contribution is 2.50. The number of halogens is 1. The Morgan fingerprint density at radius 3 is 2.90 bits per heavy atom. The van der Waals surface area contributed by atoms with Crippen LogP contribution in [0.25, 0.3) is 10.9 Å². The maximum absolute atomic E-state index is 13.6. The summed E-state index contributed by atoms with van der Waals surface area (Å²) in [6.07, 6.45) is 3.08. The summed E-state index contributed by atoms with van der Waals surface area (Å²) in [4.78, 5) is 18.9. The zero-order valence-electron chi connectivity index (χ0n) is 17.1. The van der Waals surface area contributed by atoms with Gasteiger partial charge in [-0.15, -0.1) is 0 Å². The number of rotatable bonds is 5. The third kappa shape index (κ3) is 3.17. The SMILES string of the molecule is CC(F)C(CO)NC(=O)C1CC2c3cccc4[nH]c(C5CC5)c(c34)CC2N(C)C1. The molecule has 3 N–H and O–H groups in total. The fourth-order valence-corrected chi connectivity index (χ4v) is 5.57. The lowest BCUT2D eigenvalue weighted by Crippen LogP contribution is -2.53. The Hall–Kier alpha value is -1.92. The number of aliphatic hydroxyl groups excluding tert-OH is 1. The molecule has 2 aliphatic carbocycles. The van der Waals surface area contributed by atoms with Crippen molar-refractivity contribution in [1.29, 1.82) is 0 Å². The van der Waals surface area contributed by atoms with E-state index in [1.165, 1.54) is 47.5 Å². The predicted octanol–water partition coefficient (Wildman–Crippen LogP) is 2.84. The number of carbonyl (C=O) groups excluding carboxylic acids is 1. The molecule has 0 spiro atoms. The van der Waals surface area contributed by atoms with Gasteiger partial charge in [-0.1, -0.05) is 12.1 Å². The Labute approximate surface area is 170 Å². The van der Waals surface area contributed by atoms with Crippen LogP contribution in [-0.2, 0) is 11.2 Å². The van der Waals surface area contributed by atoms with Crippen molar-refractivity contribution in [3.05, 3.63) is 35.0 Å². The minimum atomic E-state index is -1.27. The number of hydrogen-bond donors (Lipinski definition) is 3.